The van der Waals surface area contributed by atoms with Gasteiger partial charge in [-0.25, -0.2) is 9.97 Å². The van der Waals surface area contributed by atoms with Gasteiger partial charge in [-0.2, -0.15) is 0 Å². The first-order valence-electron chi connectivity index (χ1n) is 9.22. The fourth-order valence-corrected chi connectivity index (χ4v) is 3.40. The molecule has 0 aliphatic heterocycles. The molecule has 0 amide bonds. The number of thiazole rings is 1. The van der Waals surface area contributed by atoms with E-state index in [-0.39, 0.29) is 0 Å². The third kappa shape index (κ3) is 5.15. The van der Waals surface area contributed by atoms with Gasteiger partial charge < -0.3 is 15.4 Å². The van der Waals surface area contributed by atoms with E-state index in [1.54, 1.807) is 14.2 Å². The van der Waals surface area contributed by atoms with Crippen molar-refractivity contribution in [2.45, 2.75) is 13.3 Å². The summed E-state index contributed by atoms with van der Waals surface area (Å²) < 4.78 is 5.14. The second kappa shape index (κ2) is 9.96. The van der Waals surface area contributed by atoms with E-state index in [1.165, 1.54) is 16.9 Å². The largest absolute Gasteiger partial charge is 0.384 e. The van der Waals surface area contributed by atoms with Crippen LogP contribution in [0.3, 0.4) is 0 Å². The first-order valence-corrected chi connectivity index (χ1v) is 10.1. The van der Waals surface area contributed by atoms with E-state index in [0.717, 1.165) is 47.3 Å². The van der Waals surface area contributed by atoms with Crippen LogP contribution in [0, 0.1) is 0 Å². The number of guanidine groups is 1. The van der Waals surface area contributed by atoms with Crippen molar-refractivity contribution in [2.75, 3.05) is 32.6 Å². The Balaban J connectivity index is 1.76. The van der Waals surface area contributed by atoms with Crippen molar-refractivity contribution < 1.29 is 4.74 Å². The van der Waals surface area contributed by atoms with Crippen LogP contribution >= 0.6 is 11.3 Å². The Kier molecular flexibility index (Phi) is 7.11. The summed E-state index contributed by atoms with van der Waals surface area (Å²) in [5, 5.41) is 9.14. The zero-order valence-electron chi connectivity index (χ0n) is 16.4. The van der Waals surface area contributed by atoms with Crippen LogP contribution in [0.5, 0.6) is 0 Å². The van der Waals surface area contributed by atoms with Gasteiger partial charge in [-0.3, -0.25) is 4.99 Å². The number of anilines is 1. The molecule has 146 valence electrons. The van der Waals surface area contributed by atoms with Crippen molar-refractivity contribution in [1.82, 2.24) is 15.3 Å². The van der Waals surface area contributed by atoms with Crippen LogP contribution in [-0.2, 0) is 11.2 Å². The molecule has 0 fully saturated rings. The molecular formula is C21H25N5OS. The number of ether oxygens (including phenoxy) is 1. The molecule has 3 rings (SSSR count). The van der Waals surface area contributed by atoms with Crippen molar-refractivity contribution in [1.29, 1.82) is 0 Å². The number of aromatic nitrogens is 2. The number of benzene rings is 1. The van der Waals surface area contributed by atoms with E-state index in [1.807, 2.05) is 30.5 Å². The SMILES string of the molecule is CCNC(=NC)Nc1nc(-c2cccc(-c3ccc(CCOC)cc3)n2)cs1. The standard InChI is InChI=1S/C21H25N5OS/c1-4-23-20(22-2)26-21-25-19(14-28-21)18-7-5-6-17(24-18)16-10-8-15(9-11-16)12-13-27-3/h5-11,14H,4,12-13H2,1-3H3,(H2,22,23,25,26). The Bertz CT molecular complexity index is 921. The first kappa shape index (κ1) is 20.0. The third-order valence-electron chi connectivity index (χ3n) is 4.15. The monoisotopic (exact) mass is 395 g/mol. The predicted octanol–water partition coefficient (Wildman–Crippen LogP) is 4.07. The summed E-state index contributed by atoms with van der Waals surface area (Å²) >= 11 is 1.53. The van der Waals surface area contributed by atoms with Crippen molar-refractivity contribution in [3.05, 3.63) is 53.4 Å². The Morgan fingerprint density at radius 2 is 1.86 bits per heavy atom. The highest BCUT2D eigenvalue weighted by molar-refractivity contribution is 7.14. The number of nitrogens with zero attached hydrogens (tertiary/aromatic N) is 3. The molecule has 2 aromatic heterocycles. The maximum absolute atomic E-state index is 5.14. The molecule has 0 unspecified atom stereocenters. The molecule has 3 aromatic rings. The highest BCUT2D eigenvalue weighted by Gasteiger charge is 2.09. The molecular weight excluding hydrogens is 370 g/mol. The van der Waals surface area contributed by atoms with Crippen LogP contribution in [0.25, 0.3) is 22.6 Å². The lowest BCUT2D eigenvalue weighted by Crippen LogP contribution is -2.30. The molecule has 0 spiro atoms. The number of hydrogen-bond acceptors (Lipinski definition) is 5. The third-order valence-corrected chi connectivity index (χ3v) is 4.91. The summed E-state index contributed by atoms with van der Waals surface area (Å²) in [6, 6.07) is 14.5. The zero-order valence-corrected chi connectivity index (χ0v) is 17.2. The van der Waals surface area contributed by atoms with Gasteiger partial charge in [-0.1, -0.05) is 30.3 Å². The van der Waals surface area contributed by atoms with E-state index in [0.29, 0.717) is 5.96 Å². The minimum absolute atomic E-state index is 0.707. The van der Waals surface area contributed by atoms with Crippen LogP contribution in [0.1, 0.15) is 12.5 Å². The van der Waals surface area contributed by atoms with Gasteiger partial charge in [0.2, 0.25) is 0 Å². The molecule has 0 aliphatic carbocycles. The molecule has 0 saturated heterocycles. The number of aliphatic imine (C=N–C) groups is 1. The van der Waals surface area contributed by atoms with Crippen LogP contribution < -0.4 is 10.6 Å². The van der Waals surface area contributed by atoms with E-state index in [9.17, 15) is 0 Å². The molecule has 2 N–H and O–H groups in total. The van der Waals surface area contributed by atoms with Crippen LogP contribution in [0.4, 0.5) is 5.13 Å². The average molecular weight is 396 g/mol. The van der Waals surface area contributed by atoms with Gasteiger partial charge in [0.15, 0.2) is 11.1 Å². The number of pyridine rings is 1. The molecule has 6 nitrogen and oxygen atoms in total. The minimum atomic E-state index is 0.707. The molecule has 2 heterocycles. The van der Waals surface area contributed by atoms with E-state index in [2.05, 4.69) is 44.9 Å². The molecule has 0 aliphatic rings. The van der Waals surface area contributed by atoms with E-state index < -0.39 is 0 Å². The van der Waals surface area contributed by atoms with Crippen molar-refractivity contribution in [3.63, 3.8) is 0 Å². The number of nitrogens with one attached hydrogen (secondary N) is 2. The Morgan fingerprint density at radius 3 is 2.57 bits per heavy atom. The second-order valence-corrected chi connectivity index (χ2v) is 6.97. The summed E-state index contributed by atoms with van der Waals surface area (Å²) in [6.45, 7) is 3.55. The number of methoxy groups -OCH3 is 1. The lowest BCUT2D eigenvalue weighted by Gasteiger charge is -2.07. The van der Waals surface area contributed by atoms with Gasteiger partial charge in [0.25, 0.3) is 0 Å². The van der Waals surface area contributed by atoms with Crippen molar-refractivity contribution in [2.24, 2.45) is 4.99 Å². The zero-order chi connectivity index (χ0) is 19.8. The summed E-state index contributed by atoms with van der Waals surface area (Å²) in [5.41, 5.74) is 4.97. The fourth-order valence-electron chi connectivity index (χ4n) is 2.70. The van der Waals surface area contributed by atoms with Gasteiger partial charge in [-0.05, 0) is 31.0 Å². The van der Waals surface area contributed by atoms with Gasteiger partial charge in [0.1, 0.15) is 5.69 Å². The summed E-state index contributed by atoms with van der Waals surface area (Å²) in [6.07, 6.45) is 0.911. The predicted molar refractivity (Wildman–Crippen MR) is 117 cm³/mol. The fraction of sp³-hybridized carbons (Fsp3) is 0.286. The van der Waals surface area contributed by atoms with Gasteiger partial charge in [-0.15, -0.1) is 11.3 Å². The van der Waals surface area contributed by atoms with Crippen LogP contribution in [-0.4, -0.2) is 43.2 Å². The Hall–Kier alpha value is -2.77. The van der Waals surface area contributed by atoms with E-state index in [4.69, 9.17) is 9.72 Å². The summed E-state index contributed by atoms with van der Waals surface area (Å²) in [5.74, 6) is 0.707. The smallest absolute Gasteiger partial charge is 0.197 e. The molecule has 7 heteroatoms. The van der Waals surface area contributed by atoms with Crippen LogP contribution in [0.15, 0.2) is 52.8 Å². The molecule has 28 heavy (non-hydrogen) atoms. The average Bonchev–Trinajstić information content (AvgIpc) is 3.21. The van der Waals surface area contributed by atoms with Gasteiger partial charge in [0.05, 0.1) is 18.0 Å². The normalized spacial score (nSPS) is 11.5. The van der Waals surface area contributed by atoms with Gasteiger partial charge in [0, 0.05) is 31.6 Å². The summed E-state index contributed by atoms with van der Waals surface area (Å²) in [4.78, 5) is 13.6. The highest BCUT2D eigenvalue weighted by Crippen LogP contribution is 2.26. The molecule has 0 bridgehead atoms. The number of hydrogen-bond donors (Lipinski definition) is 2. The minimum Gasteiger partial charge on any atom is -0.384 e. The van der Waals surface area contributed by atoms with Crippen molar-refractivity contribution in [3.8, 4) is 22.6 Å². The highest BCUT2D eigenvalue weighted by atomic mass is 32.1. The van der Waals surface area contributed by atoms with E-state index >= 15 is 0 Å². The van der Waals surface area contributed by atoms with Crippen molar-refractivity contribution >= 4 is 22.4 Å². The quantitative estimate of drug-likeness (QED) is 0.466. The van der Waals surface area contributed by atoms with Gasteiger partial charge >= 0.3 is 0 Å². The Labute approximate surface area is 169 Å². The topological polar surface area (TPSA) is 71.4 Å². The Morgan fingerprint density at radius 1 is 1.07 bits per heavy atom. The second-order valence-electron chi connectivity index (χ2n) is 6.11. The lowest BCUT2D eigenvalue weighted by molar-refractivity contribution is 0.202. The number of rotatable bonds is 7. The summed E-state index contributed by atoms with van der Waals surface area (Å²) in [7, 11) is 3.46. The molecule has 0 atom stereocenters. The molecule has 0 radical (unpaired) electrons. The maximum Gasteiger partial charge on any atom is 0.197 e. The van der Waals surface area contributed by atoms with Crippen LogP contribution in [0.2, 0.25) is 0 Å². The molecule has 1 aromatic carbocycles. The lowest BCUT2D eigenvalue weighted by atomic mass is 10.1. The molecule has 0 saturated carbocycles. The first-order chi connectivity index (χ1) is 13.7. The maximum atomic E-state index is 5.14.